The third-order valence-electron chi connectivity index (χ3n) is 11.1. The van der Waals surface area contributed by atoms with Crippen molar-refractivity contribution in [2.75, 3.05) is 38.3 Å². The molecule has 1 heterocycles. The van der Waals surface area contributed by atoms with Crippen LogP contribution in [0.2, 0.25) is 0 Å². The molecule has 1 unspecified atom stereocenters. The maximum atomic E-state index is 15.9. The number of ketones is 2. The van der Waals surface area contributed by atoms with E-state index in [4.69, 9.17) is 4.74 Å². The van der Waals surface area contributed by atoms with Crippen LogP contribution in [0.1, 0.15) is 76.2 Å². The summed E-state index contributed by atoms with van der Waals surface area (Å²) < 4.78 is 21.2. The molecule has 41 heavy (non-hydrogen) atoms. The minimum Gasteiger partial charge on any atom is -0.384 e. The number of fused-ring (bicyclic) bond motifs is 4. The predicted octanol–water partition coefficient (Wildman–Crippen LogP) is 5.72. The van der Waals surface area contributed by atoms with Gasteiger partial charge in [0, 0.05) is 38.2 Å². The smallest absolute Gasteiger partial charge is 0.176 e. The summed E-state index contributed by atoms with van der Waals surface area (Å²) in [4.78, 5) is 28.7. The summed E-state index contributed by atoms with van der Waals surface area (Å²) in [6.45, 7) is 4.00. The molecule has 218 valence electrons. The van der Waals surface area contributed by atoms with E-state index in [-0.39, 0.29) is 42.5 Å². The highest BCUT2D eigenvalue weighted by atomic mass is 19.1. The molecule has 5 nitrogen and oxygen atoms in total. The van der Waals surface area contributed by atoms with Gasteiger partial charge in [0.2, 0.25) is 0 Å². The summed E-state index contributed by atoms with van der Waals surface area (Å²) >= 11 is 0. The number of carbonyl (C=O) groups is 2. The lowest BCUT2D eigenvalue weighted by atomic mass is 9.48. The lowest BCUT2D eigenvalue weighted by Gasteiger charge is -2.55. The van der Waals surface area contributed by atoms with Crippen LogP contribution in [0.15, 0.2) is 47.1 Å². The zero-order chi connectivity index (χ0) is 28.8. The minimum atomic E-state index is -1.18. The molecule has 1 aromatic carbocycles. The molecule has 3 fully saturated rings. The van der Waals surface area contributed by atoms with E-state index < -0.39 is 17.0 Å². The molecule has 0 spiro atoms. The SMILES string of the molecule is COCC(=O)[C@@]1(C#CCO)CC[C@H]2[C@@H]3CC(F)C4=CC(=O)CCC4=C3[C@@H](c3ccc(N4CCCCC4)cc3)C[C@@]21C. The molecule has 0 amide bonds. The van der Waals surface area contributed by atoms with Crippen molar-refractivity contribution in [2.45, 2.75) is 76.8 Å². The van der Waals surface area contributed by atoms with Gasteiger partial charge in [-0.3, -0.25) is 9.59 Å². The number of rotatable bonds is 5. The maximum absolute atomic E-state index is 15.9. The van der Waals surface area contributed by atoms with Crippen molar-refractivity contribution in [2.24, 2.45) is 22.7 Å². The van der Waals surface area contributed by atoms with Gasteiger partial charge >= 0.3 is 0 Å². The molecular weight excluding hydrogens is 517 g/mol. The predicted molar refractivity (Wildman–Crippen MR) is 157 cm³/mol. The number of methoxy groups -OCH3 is 1. The molecule has 6 heteroatoms. The first-order valence-electron chi connectivity index (χ1n) is 15.4. The summed E-state index contributed by atoms with van der Waals surface area (Å²) in [5.41, 5.74) is 3.87. The minimum absolute atomic E-state index is 0.000459. The summed E-state index contributed by atoms with van der Waals surface area (Å²) in [7, 11) is 1.53. The number of carbonyl (C=O) groups excluding carboxylic acids is 2. The fourth-order valence-electron chi connectivity index (χ4n) is 9.21. The molecule has 0 radical (unpaired) electrons. The van der Waals surface area contributed by atoms with Crippen molar-refractivity contribution < 1.29 is 23.8 Å². The Bertz CT molecular complexity index is 1330. The highest BCUT2D eigenvalue weighted by Gasteiger charge is 2.66. The number of ether oxygens (including phenoxy) is 1. The number of nitrogens with zero attached hydrogens (tertiary/aromatic N) is 1. The molecule has 1 N–H and O–H groups in total. The van der Waals surface area contributed by atoms with Gasteiger partial charge in [-0.1, -0.05) is 36.5 Å². The van der Waals surface area contributed by atoms with Gasteiger partial charge in [-0.25, -0.2) is 4.39 Å². The van der Waals surface area contributed by atoms with Crippen LogP contribution in [0.4, 0.5) is 10.1 Å². The lowest BCUT2D eigenvalue weighted by molar-refractivity contribution is -0.136. The van der Waals surface area contributed by atoms with Crippen molar-refractivity contribution >= 4 is 17.3 Å². The quantitative estimate of drug-likeness (QED) is 0.468. The van der Waals surface area contributed by atoms with E-state index in [1.54, 1.807) is 6.08 Å². The Morgan fingerprint density at radius 3 is 2.63 bits per heavy atom. The fraction of sp³-hybridized carbons (Fsp3) is 0.600. The van der Waals surface area contributed by atoms with Crippen molar-refractivity contribution in [1.82, 2.24) is 0 Å². The van der Waals surface area contributed by atoms with Crippen LogP contribution in [0, 0.1) is 34.5 Å². The Hall–Kier alpha value is -2.75. The first-order valence-corrected chi connectivity index (χ1v) is 15.4. The molecule has 4 aliphatic carbocycles. The van der Waals surface area contributed by atoms with E-state index in [1.165, 1.54) is 43.2 Å². The summed E-state index contributed by atoms with van der Waals surface area (Å²) in [5, 5.41) is 9.66. The maximum Gasteiger partial charge on any atom is 0.176 e. The number of allylic oxidation sites excluding steroid dienone is 4. The molecule has 1 saturated heterocycles. The number of halogens is 1. The molecule has 1 aliphatic heterocycles. The van der Waals surface area contributed by atoms with Crippen LogP contribution in [0.5, 0.6) is 0 Å². The van der Waals surface area contributed by atoms with E-state index in [0.29, 0.717) is 37.7 Å². The Morgan fingerprint density at radius 1 is 1.17 bits per heavy atom. The van der Waals surface area contributed by atoms with Crippen LogP contribution in [0.3, 0.4) is 0 Å². The van der Waals surface area contributed by atoms with Crippen molar-refractivity contribution in [3.63, 3.8) is 0 Å². The third-order valence-corrected chi connectivity index (χ3v) is 11.1. The van der Waals surface area contributed by atoms with E-state index in [0.717, 1.165) is 25.1 Å². The van der Waals surface area contributed by atoms with Crippen LogP contribution < -0.4 is 4.90 Å². The van der Waals surface area contributed by atoms with Crippen LogP contribution in [-0.4, -0.2) is 56.3 Å². The molecule has 0 bridgehead atoms. The van der Waals surface area contributed by atoms with Crippen molar-refractivity contribution in [1.29, 1.82) is 0 Å². The van der Waals surface area contributed by atoms with Gasteiger partial charge in [-0.2, -0.15) is 0 Å². The first-order chi connectivity index (χ1) is 19.8. The Kier molecular flexibility index (Phi) is 7.72. The monoisotopic (exact) mass is 559 g/mol. The van der Waals surface area contributed by atoms with Gasteiger partial charge in [-0.05, 0) is 104 Å². The number of hydrogen-bond acceptors (Lipinski definition) is 5. The molecule has 6 atom stereocenters. The third kappa shape index (κ3) is 4.61. The molecule has 5 aliphatic rings. The van der Waals surface area contributed by atoms with Crippen LogP contribution >= 0.6 is 0 Å². The number of Topliss-reactive ketones (excluding diaryl/α,β-unsaturated/α-hetero) is 1. The Balaban J connectivity index is 1.49. The highest BCUT2D eigenvalue weighted by Crippen LogP contribution is 2.69. The van der Waals surface area contributed by atoms with Gasteiger partial charge in [0.15, 0.2) is 11.6 Å². The molecule has 6 rings (SSSR count). The molecular formula is C35H42FNO4. The number of anilines is 1. The van der Waals surface area contributed by atoms with Crippen LogP contribution in [0.25, 0.3) is 0 Å². The second kappa shape index (κ2) is 11.2. The Labute approximate surface area is 243 Å². The van der Waals surface area contributed by atoms with Gasteiger partial charge < -0.3 is 14.7 Å². The summed E-state index contributed by atoms with van der Waals surface area (Å²) in [6.07, 6.45) is 7.51. The average Bonchev–Trinajstić information content (AvgIpc) is 3.29. The zero-order valence-corrected chi connectivity index (χ0v) is 24.4. The van der Waals surface area contributed by atoms with Crippen molar-refractivity contribution in [3.8, 4) is 11.8 Å². The number of alkyl halides is 1. The van der Waals surface area contributed by atoms with E-state index in [1.807, 2.05) is 0 Å². The molecule has 1 aromatic rings. The van der Waals surface area contributed by atoms with E-state index >= 15 is 4.39 Å². The number of aliphatic hydroxyl groups excluding tert-OH is 1. The van der Waals surface area contributed by atoms with Crippen LogP contribution in [-0.2, 0) is 14.3 Å². The topological polar surface area (TPSA) is 66.8 Å². The normalized spacial score (nSPS) is 34.7. The van der Waals surface area contributed by atoms with Gasteiger partial charge in [0.25, 0.3) is 0 Å². The largest absolute Gasteiger partial charge is 0.384 e. The standard InChI is InChI=1S/C35H42FNO4/c1-34-21-29(23-7-9-24(10-8-23)37-16-4-3-5-17-37)33-26-12-11-25(39)19-27(26)31(36)20-28(33)30(34)13-15-35(34,14-6-18-38)32(40)22-41-2/h7-10,19,28-31,38H,3-5,11-13,15-18,20-22H2,1-2H3/t28-,29+,30-,31?,34-,35+/m0/s1. The Morgan fingerprint density at radius 2 is 1.93 bits per heavy atom. The molecule has 2 saturated carbocycles. The van der Waals surface area contributed by atoms with Gasteiger partial charge in [-0.15, -0.1) is 0 Å². The van der Waals surface area contributed by atoms with E-state index in [9.17, 15) is 14.7 Å². The number of hydrogen-bond donors (Lipinski definition) is 1. The second-order valence-corrected chi connectivity index (χ2v) is 13.0. The fourth-order valence-corrected chi connectivity index (χ4v) is 9.21. The summed E-state index contributed by atoms with van der Waals surface area (Å²) in [5.74, 6) is 6.14. The number of piperidine rings is 1. The van der Waals surface area contributed by atoms with Gasteiger partial charge in [0.05, 0.1) is 5.41 Å². The number of benzene rings is 1. The molecule has 0 aromatic heterocycles. The highest BCUT2D eigenvalue weighted by molar-refractivity contribution is 5.93. The lowest BCUT2D eigenvalue weighted by Crippen LogP contribution is -2.52. The van der Waals surface area contributed by atoms with Gasteiger partial charge in [0.1, 0.15) is 19.4 Å². The number of aliphatic hydroxyl groups is 1. The first kappa shape index (κ1) is 28.4. The summed E-state index contributed by atoms with van der Waals surface area (Å²) in [6, 6.07) is 8.91. The second-order valence-electron chi connectivity index (χ2n) is 13.0. The zero-order valence-electron chi connectivity index (χ0n) is 24.4. The van der Waals surface area contributed by atoms with Crippen molar-refractivity contribution in [3.05, 3.63) is 52.6 Å². The average molecular weight is 560 g/mol. The van der Waals surface area contributed by atoms with E-state index in [2.05, 4.69) is 47.9 Å².